The van der Waals surface area contributed by atoms with Crippen molar-refractivity contribution in [3.63, 3.8) is 0 Å². The molecule has 2 amide bonds. The summed E-state index contributed by atoms with van der Waals surface area (Å²) in [7, 11) is 0. The van der Waals surface area contributed by atoms with Gasteiger partial charge in [-0.2, -0.15) is 0 Å². The van der Waals surface area contributed by atoms with Crippen molar-refractivity contribution in [1.29, 1.82) is 0 Å². The van der Waals surface area contributed by atoms with Gasteiger partial charge in [-0.05, 0) is 25.3 Å². The molecule has 0 radical (unpaired) electrons. The molecule has 0 saturated heterocycles. The first-order chi connectivity index (χ1) is 12.0. The van der Waals surface area contributed by atoms with E-state index in [1.54, 1.807) is 13.0 Å². The van der Waals surface area contributed by atoms with Crippen molar-refractivity contribution >= 4 is 17.8 Å². The number of aromatic amines is 1. The molecule has 25 heavy (non-hydrogen) atoms. The summed E-state index contributed by atoms with van der Waals surface area (Å²) >= 11 is 0. The highest BCUT2D eigenvalue weighted by Crippen LogP contribution is 2.18. The molecule has 1 atom stereocenters. The minimum absolute atomic E-state index is 0.0661. The second-order valence-corrected chi connectivity index (χ2v) is 5.64. The molecule has 2 aromatic heterocycles. The minimum Gasteiger partial charge on any atom is -0.460 e. The molecule has 0 aliphatic carbocycles. The lowest BCUT2D eigenvalue weighted by Crippen LogP contribution is -2.34. The molecule has 0 aliphatic heterocycles. The normalized spacial score (nSPS) is 11.8. The molecule has 0 bridgehead atoms. The van der Waals surface area contributed by atoms with Crippen LogP contribution in [0.25, 0.3) is 0 Å². The van der Waals surface area contributed by atoms with Gasteiger partial charge in [-0.1, -0.05) is 13.8 Å². The largest absolute Gasteiger partial charge is 0.460 e. The Morgan fingerprint density at radius 2 is 2.16 bits per heavy atom. The zero-order valence-corrected chi connectivity index (χ0v) is 14.3. The van der Waals surface area contributed by atoms with Crippen LogP contribution in [0, 0.1) is 5.92 Å². The molecule has 2 rings (SSSR count). The molecule has 10 heteroatoms. The molecule has 134 valence electrons. The monoisotopic (exact) mass is 347 g/mol. The SMILES string of the molecule is CCOC(=O)c1n[nH]c([C@H](CC(C)C)NC(=O)Nc2ccncn2)n1. The number of amides is 2. The highest BCUT2D eigenvalue weighted by atomic mass is 16.5. The fraction of sp³-hybridized carbons (Fsp3) is 0.467. The van der Waals surface area contributed by atoms with Crippen LogP contribution in [0.3, 0.4) is 0 Å². The fourth-order valence-corrected chi connectivity index (χ4v) is 2.10. The summed E-state index contributed by atoms with van der Waals surface area (Å²) in [6, 6.07) is 0.681. The van der Waals surface area contributed by atoms with Crippen molar-refractivity contribution in [2.24, 2.45) is 5.92 Å². The average molecular weight is 347 g/mol. The highest BCUT2D eigenvalue weighted by molar-refractivity contribution is 5.88. The van der Waals surface area contributed by atoms with Crippen molar-refractivity contribution in [3.05, 3.63) is 30.2 Å². The van der Waals surface area contributed by atoms with E-state index in [9.17, 15) is 9.59 Å². The number of ether oxygens (including phenoxy) is 1. The van der Waals surface area contributed by atoms with Gasteiger partial charge in [0.2, 0.25) is 0 Å². The zero-order valence-electron chi connectivity index (χ0n) is 14.3. The van der Waals surface area contributed by atoms with Gasteiger partial charge < -0.3 is 10.1 Å². The Bertz CT molecular complexity index is 702. The van der Waals surface area contributed by atoms with Gasteiger partial charge in [0.15, 0.2) is 0 Å². The van der Waals surface area contributed by atoms with Crippen molar-refractivity contribution in [1.82, 2.24) is 30.5 Å². The van der Waals surface area contributed by atoms with E-state index in [1.165, 1.54) is 12.5 Å². The summed E-state index contributed by atoms with van der Waals surface area (Å²) < 4.78 is 4.86. The van der Waals surface area contributed by atoms with Crippen LogP contribution in [0.2, 0.25) is 0 Å². The van der Waals surface area contributed by atoms with Gasteiger partial charge in [0.1, 0.15) is 18.0 Å². The Morgan fingerprint density at radius 1 is 1.36 bits per heavy atom. The smallest absolute Gasteiger partial charge is 0.378 e. The quantitative estimate of drug-likeness (QED) is 0.648. The Balaban J connectivity index is 2.08. The maximum Gasteiger partial charge on any atom is 0.378 e. The lowest BCUT2D eigenvalue weighted by atomic mass is 10.0. The van der Waals surface area contributed by atoms with Crippen LogP contribution in [-0.4, -0.2) is 43.8 Å². The molecule has 0 unspecified atom stereocenters. The first-order valence-electron chi connectivity index (χ1n) is 7.92. The van der Waals surface area contributed by atoms with Crippen LogP contribution in [0.15, 0.2) is 18.6 Å². The van der Waals surface area contributed by atoms with Crippen LogP contribution >= 0.6 is 0 Å². The number of nitrogens with one attached hydrogen (secondary N) is 3. The molecule has 0 aliphatic rings. The van der Waals surface area contributed by atoms with Gasteiger partial charge in [0, 0.05) is 6.20 Å². The van der Waals surface area contributed by atoms with Crippen LogP contribution < -0.4 is 10.6 Å². The number of esters is 1. The number of aromatic nitrogens is 5. The topological polar surface area (TPSA) is 135 Å². The lowest BCUT2D eigenvalue weighted by Gasteiger charge is -2.18. The third kappa shape index (κ3) is 5.52. The van der Waals surface area contributed by atoms with Gasteiger partial charge in [0.05, 0.1) is 12.6 Å². The predicted octanol–water partition coefficient (Wildman–Crippen LogP) is 1.68. The van der Waals surface area contributed by atoms with Crippen molar-refractivity contribution in [2.45, 2.75) is 33.2 Å². The van der Waals surface area contributed by atoms with Crippen LogP contribution in [0.4, 0.5) is 10.6 Å². The Hall–Kier alpha value is -3.04. The van der Waals surface area contributed by atoms with E-state index in [0.29, 0.717) is 18.1 Å². The number of H-pyrrole nitrogens is 1. The molecule has 2 heterocycles. The van der Waals surface area contributed by atoms with E-state index < -0.39 is 18.0 Å². The number of urea groups is 1. The van der Waals surface area contributed by atoms with Crippen molar-refractivity contribution < 1.29 is 14.3 Å². The van der Waals surface area contributed by atoms with E-state index in [0.717, 1.165) is 0 Å². The van der Waals surface area contributed by atoms with E-state index in [2.05, 4.69) is 35.8 Å². The number of anilines is 1. The van der Waals surface area contributed by atoms with Gasteiger partial charge in [0.25, 0.3) is 5.82 Å². The maximum absolute atomic E-state index is 12.2. The summed E-state index contributed by atoms with van der Waals surface area (Å²) in [6.45, 7) is 5.96. The summed E-state index contributed by atoms with van der Waals surface area (Å²) in [5.41, 5.74) is 0. The van der Waals surface area contributed by atoms with Gasteiger partial charge in [-0.25, -0.2) is 24.5 Å². The maximum atomic E-state index is 12.2. The van der Waals surface area contributed by atoms with Crippen LogP contribution in [0.1, 0.15) is 49.7 Å². The predicted molar refractivity (Wildman–Crippen MR) is 88.7 cm³/mol. The molecule has 10 nitrogen and oxygen atoms in total. The summed E-state index contributed by atoms with van der Waals surface area (Å²) in [5, 5.41) is 12.0. The Kier molecular flexibility index (Phi) is 6.38. The fourth-order valence-electron chi connectivity index (χ4n) is 2.10. The highest BCUT2D eigenvalue weighted by Gasteiger charge is 2.22. The lowest BCUT2D eigenvalue weighted by molar-refractivity contribution is 0.0512. The third-order valence-corrected chi connectivity index (χ3v) is 3.13. The van der Waals surface area contributed by atoms with Gasteiger partial charge >= 0.3 is 12.0 Å². The minimum atomic E-state index is -0.612. The van der Waals surface area contributed by atoms with Crippen LogP contribution in [-0.2, 0) is 4.74 Å². The van der Waals surface area contributed by atoms with E-state index in [4.69, 9.17) is 4.74 Å². The van der Waals surface area contributed by atoms with Crippen LogP contribution in [0.5, 0.6) is 0 Å². The van der Waals surface area contributed by atoms with Crippen molar-refractivity contribution in [2.75, 3.05) is 11.9 Å². The Labute approximate surface area is 144 Å². The number of nitrogens with zero attached hydrogens (tertiary/aromatic N) is 4. The number of rotatable bonds is 7. The summed E-state index contributed by atoms with van der Waals surface area (Å²) in [6.07, 6.45) is 3.47. The molecule has 0 spiro atoms. The molecular formula is C15H21N7O3. The second kappa shape index (κ2) is 8.71. The van der Waals surface area contributed by atoms with E-state index in [1.807, 2.05) is 13.8 Å². The standard InChI is InChI=1S/C15H21N7O3/c1-4-25-14(23)13-20-12(21-22-13)10(7-9(2)3)18-15(24)19-11-5-6-16-8-17-11/h5-6,8-10H,4,7H2,1-3H3,(H,20,21,22)(H2,16,17,18,19,24)/t10-/m0/s1. The number of carbonyl (C=O) groups excluding carboxylic acids is 2. The summed E-state index contributed by atoms with van der Waals surface area (Å²) in [5.74, 6) is 0.359. The Morgan fingerprint density at radius 3 is 2.80 bits per heavy atom. The summed E-state index contributed by atoms with van der Waals surface area (Å²) in [4.78, 5) is 35.7. The average Bonchev–Trinajstić information content (AvgIpc) is 3.05. The van der Waals surface area contributed by atoms with Crippen molar-refractivity contribution in [3.8, 4) is 0 Å². The third-order valence-electron chi connectivity index (χ3n) is 3.13. The first kappa shape index (κ1) is 18.3. The second-order valence-electron chi connectivity index (χ2n) is 5.64. The number of carbonyl (C=O) groups is 2. The van der Waals surface area contributed by atoms with Gasteiger partial charge in [-0.15, -0.1) is 5.10 Å². The molecule has 0 fully saturated rings. The number of hydrogen-bond acceptors (Lipinski definition) is 7. The molecular weight excluding hydrogens is 326 g/mol. The molecule has 0 saturated carbocycles. The molecule has 3 N–H and O–H groups in total. The zero-order chi connectivity index (χ0) is 18.2. The van der Waals surface area contributed by atoms with E-state index >= 15 is 0 Å². The van der Waals surface area contributed by atoms with E-state index in [-0.39, 0.29) is 18.3 Å². The first-order valence-corrected chi connectivity index (χ1v) is 7.92. The number of hydrogen-bond donors (Lipinski definition) is 3. The molecule has 2 aromatic rings. The van der Waals surface area contributed by atoms with Gasteiger partial charge in [-0.3, -0.25) is 10.4 Å². The molecule has 0 aromatic carbocycles.